The molecule has 12 rings (SSSR count). The number of H-pyrrole nitrogens is 2. The van der Waals surface area contributed by atoms with E-state index in [-0.39, 0.29) is 64.5 Å². The Morgan fingerprint density at radius 3 is 1.78 bits per heavy atom. The molecule has 111 heavy (non-hydrogen) atoms. The number of nitrogens with two attached hydrogens (primary N) is 3. The maximum absolute atomic E-state index is 15.5. The largest absolute Gasteiger partial charge is 0.445 e. The van der Waals surface area contributed by atoms with Crippen LogP contribution in [0.25, 0.3) is 56.0 Å². The van der Waals surface area contributed by atoms with Crippen LogP contribution in [0, 0.1) is 11.6 Å². The van der Waals surface area contributed by atoms with Crippen molar-refractivity contribution in [1.82, 2.24) is 54.2 Å². The zero-order chi connectivity index (χ0) is 79.8. The van der Waals surface area contributed by atoms with Crippen LogP contribution in [-0.4, -0.2) is 116 Å². The summed E-state index contributed by atoms with van der Waals surface area (Å²) in [5.41, 5.74) is 23.0. The third kappa shape index (κ3) is 23.0. The predicted molar refractivity (Wildman–Crippen MR) is 433 cm³/mol. The van der Waals surface area contributed by atoms with E-state index >= 15 is 8.78 Å². The number of likely N-dealkylation sites (tertiary alicyclic amines) is 1. The normalized spacial score (nSPS) is 16.3. The van der Waals surface area contributed by atoms with Gasteiger partial charge in [0.05, 0.1) is 38.8 Å². The van der Waals surface area contributed by atoms with Crippen molar-refractivity contribution in [3.63, 3.8) is 0 Å². The van der Waals surface area contributed by atoms with Gasteiger partial charge in [-0.15, -0.1) is 0 Å². The zero-order valence-corrected chi connectivity index (χ0v) is 66.0. The summed E-state index contributed by atoms with van der Waals surface area (Å²) in [7, 11) is 0. The number of hydrogen-bond acceptors (Lipinski definition) is 14. The van der Waals surface area contributed by atoms with Crippen molar-refractivity contribution in [3.05, 3.63) is 217 Å². The van der Waals surface area contributed by atoms with Crippen LogP contribution in [-0.2, 0) is 33.7 Å². The molecule has 0 spiro atoms. The van der Waals surface area contributed by atoms with Crippen molar-refractivity contribution in [3.8, 4) is 33.9 Å². The lowest BCUT2D eigenvalue weighted by Gasteiger charge is -2.33. The lowest BCUT2D eigenvalue weighted by atomic mass is 10.0. The van der Waals surface area contributed by atoms with Crippen LogP contribution in [0.1, 0.15) is 180 Å². The number of nitrogens with one attached hydrogen (secondary N) is 4. The summed E-state index contributed by atoms with van der Waals surface area (Å²) in [6.45, 7) is 19.5. The number of alkyl carbamates (subject to hydrolysis) is 1. The van der Waals surface area contributed by atoms with Crippen molar-refractivity contribution in [2.24, 2.45) is 27.2 Å². The van der Waals surface area contributed by atoms with Crippen molar-refractivity contribution in [1.29, 1.82) is 0 Å². The molecule has 7 heterocycles. The number of carbonyl (C=O) groups is 3. The predicted octanol–water partition coefficient (Wildman–Crippen LogP) is 16.4. The Morgan fingerprint density at radius 2 is 1.26 bits per heavy atom. The summed E-state index contributed by atoms with van der Waals surface area (Å²) in [6.07, 6.45) is 17.9. The highest BCUT2D eigenvalue weighted by atomic mass is 35.5. The van der Waals surface area contributed by atoms with Gasteiger partial charge in [-0.2, -0.15) is 15.0 Å². The molecule has 5 aromatic heterocycles. The molecule has 0 radical (unpaired) electrons. The van der Waals surface area contributed by atoms with Crippen LogP contribution in [0.3, 0.4) is 0 Å². The Balaban J connectivity index is 0.000000204. The third-order valence-electron chi connectivity index (χ3n) is 19.0. The summed E-state index contributed by atoms with van der Waals surface area (Å²) in [5, 5.41) is 7.85. The van der Waals surface area contributed by atoms with E-state index in [1.54, 1.807) is 99.8 Å². The van der Waals surface area contributed by atoms with E-state index in [2.05, 4.69) is 52.5 Å². The number of guanidine groups is 1. The maximum Gasteiger partial charge on any atom is 0.435 e. The highest BCUT2D eigenvalue weighted by Gasteiger charge is 2.40. The van der Waals surface area contributed by atoms with Gasteiger partial charge in [-0.25, -0.2) is 37.7 Å². The number of aliphatic imine (C=N–C) groups is 2. The van der Waals surface area contributed by atoms with Crippen molar-refractivity contribution < 1.29 is 37.4 Å². The van der Waals surface area contributed by atoms with Gasteiger partial charge in [0.1, 0.15) is 41.3 Å². The number of ether oxygens (including phenoxy) is 3. The topological polar surface area (TPSA) is 328 Å². The molecule has 10 N–H and O–H groups in total. The monoisotopic (exact) mass is 1560 g/mol. The van der Waals surface area contributed by atoms with Gasteiger partial charge in [-0.1, -0.05) is 91.1 Å². The van der Waals surface area contributed by atoms with Gasteiger partial charge >= 0.3 is 29.7 Å². The lowest BCUT2D eigenvalue weighted by Crippen LogP contribution is -2.41. The van der Waals surface area contributed by atoms with Crippen LogP contribution in [0.4, 0.5) is 23.2 Å². The first kappa shape index (κ1) is 82.9. The number of amides is 3. The molecule has 0 aliphatic carbocycles. The second-order valence-corrected chi connectivity index (χ2v) is 31.1. The van der Waals surface area contributed by atoms with Crippen molar-refractivity contribution >= 4 is 75.3 Å². The highest BCUT2D eigenvalue weighted by Crippen LogP contribution is 2.40. The van der Waals surface area contributed by atoms with Gasteiger partial charge in [0, 0.05) is 83.4 Å². The van der Waals surface area contributed by atoms with Crippen LogP contribution in [0.15, 0.2) is 166 Å². The third-order valence-corrected chi connectivity index (χ3v) is 19.5. The average Bonchev–Trinajstić information content (AvgIpc) is 1.65. The second-order valence-electron chi connectivity index (χ2n) is 30.3. The summed E-state index contributed by atoms with van der Waals surface area (Å²) in [5.74, 6) is -0.448. The first-order chi connectivity index (χ1) is 52.8. The first-order valence-electron chi connectivity index (χ1n) is 37.6. The van der Waals surface area contributed by atoms with Gasteiger partial charge in [-0.3, -0.25) is 23.6 Å². The standard InChI is InChI=1S/C43H49ClFN5O5.C30H36ClFN8O.C10H15N3O2/c1-6-11-33-20-21-37(50(33)42(53)55-43(3,4)5)30-16-18-32(19-17-30)49-25-31-24-36(47-39(31)48-40(49)51)34-22-29(23-35(44)38(34)45)15-10-12-27(2)46-41(52)54-26-28-13-8-7-9-14-28;1-17(33)3-2-4-18-13-23(27(32)24(31)14-18)26-15-20-16-40(30(41)39-28(20)38-26)22-8-5-19(6-9-22)25-10-7-21(37-25)11-12-36-29(34)35;1-8(13-6-5-11-7-13)12-9(14)15-10(2,3)4/h7-9,13-14,16-19,22-25,27,33,37H,6,10-12,15,20-21,26H2,1-5H3,(H,46,52)(H,47,48,51);5-6,8-9,13-17,21,25,37H,2-4,7,10-12,33H2,1H3,(H4,34,35,36)(H,38,39,41);5-7H,1-4H3/t27-,33-,37+;17-,21+,25+;/m00./s1. The number of hydrogen-bond donors (Lipinski definition) is 7. The smallest absolute Gasteiger partial charge is 0.435 e. The van der Waals surface area contributed by atoms with Gasteiger partial charge in [0.15, 0.2) is 17.6 Å². The minimum absolute atomic E-state index is 0.0111. The summed E-state index contributed by atoms with van der Waals surface area (Å²) in [6, 6.07) is 35.9. The van der Waals surface area contributed by atoms with Crippen LogP contribution >= 0.6 is 23.2 Å². The van der Waals surface area contributed by atoms with E-state index < -0.39 is 46.4 Å². The molecule has 24 nitrogen and oxygen atoms in total. The van der Waals surface area contributed by atoms with Gasteiger partial charge in [-0.05, 0) is 228 Å². The van der Waals surface area contributed by atoms with Gasteiger partial charge < -0.3 is 52.0 Å². The molecule has 0 unspecified atom stereocenters. The number of rotatable bonds is 22. The van der Waals surface area contributed by atoms with Crippen molar-refractivity contribution in [2.75, 3.05) is 6.54 Å². The van der Waals surface area contributed by atoms with Gasteiger partial charge in [0.25, 0.3) is 0 Å². The minimum atomic E-state index is -0.601. The lowest BCUT2D eigenvalue weighted by molar-refractivity contribution is 0.0135. The van der Waals surface area contributed by atoms with E-state index in [0.29, 0.717) is 88.1 Å². The fraction of sp³-hybridized carbons (Fsp3) is 0.398. The molecule has 2 fully saturated rings. The fourth-order valence-electron chi connectivity index (χ4n) is 13.6. The Kier molecular flexibility index (Phi) is 28.0. The van der Waals surface area contributed by atoms with E-state index in [1.807, 2.05) is 118 Å². The molecule has 10 aromatic rings. The molecular weight excluding hydrogens is 1460 g/mol. The number of fused-ring (bicyclic) bond motifs is 2. The first-order valence-corrected chi connectivity index (χ1v) is 38.4. The number of aromatic nitrogens is 8. The average molecular weight is 1560 g/mol. The number of halogens is 4. The number of aromatic amines is 2. The number of imidazole rings is 1. The van der Waals surface area contributed by atoms with Crippen LogP contribution in [0.2, 0.25) is 10.0 Å². The minimum Gasteiger partial charge on any atom is -0.445 e. The van der Waals surface area contributed by atoms with E-state index in [1.165, 1.54) is 9.13 Å². The number of aryl methyl sites for hydroxylation is 2. The van der Waals surface area contributed by atoms with E-state index in [4.69, 9.17) is 54.6 Å². The summed E-state index contributed by atoms with van der Waals surface area (Å²) in [4.78, 5) is 91.4. The summed E-state index contributed by atoms with van der Waals surface area (Å²) >= 11 is 12.6. The molecule has 28 heteroatoms. The molecule has 588 valence electrons. The Hall–Kier alpha value is -10.5. The fourth-order valence-corrected chi connectivity index (χ4v) is 14.1. The van der Waals surface area contributed by atoms with Crippen LogP contribution in [0.5, 0.6) is 0 Å². The molecular formula is C83H100Cl2F2N16O8. The molecule has 6 atom stereocenters. The number of nitrogens with zero attached hydrogens (tertiary/aromatic N) is 9. The highest BCUT2D eigenvalue weighted by molar-refractivity contribution is 6.31. The van der Waals surface area contributed by atoms with E-state index in [9.17, 15) is 24.0 Å². The number of benzene rings is 5. The summed E-state index contributed by atoms with van der Waals surface area (Å²) < 4.78 is 51.3. The van der Waals surface area contributed by atoms with Gasteiger partial charge in [0.2, 0.25) is 0 Å². The molecule has 0 saturated carbocycles. The van der Waals surface area contributed by atoms with Crippen LogP contribution < -0.4 is 39.2 Å². The zero-order valence-electron chi connectivity index (χ0n) is 64.5. The molecule has 2 saturated heterocycles. The Labute approximate surface area is 654 Å². The second kappa shape index (κ2) is 37.4. The number of carbonyl (C=O) groups excluding carboxylic acids is 3. The van der Waals surface area contributed by atoms with E-state index in [0.717, 1.165) is 92.0 Å². The van der Waals surface area contributed by atoms with Crippen molar-refractivity contribution in [2.45, 2.75) is 207 Å². The molecule has 2 aliphatic rings. The SMILES string of the molecule is CC(=NC(=O)OC(C)(C)C)n1ccnc1.CCC[C@H]1CC[C@H](c2ccc(-n3cc4cc(-c5cc(CCC[C@H](C)NC(=O)OCc6ccccc6)cc(Cl)c5F)[nH]c4nc3=O)cc2)N1C(=O)OC(C)(C)C.C[C@H](N)CCCc1cc(Cl)c(F)c(-c2cc3cn(-c4ccc([C@H]5CC[C@H](CCN=C(N)N)N5)cc4)c(=O)nc3[nH]2)c1. The molecule has 2 aliphatic heterocycles. The molecule has 0 bridgehead atoms. The maximum atomic E-state index is 15.5. The molecule has 5 aromatic carbocycles. The molecule has 3 amide bonds. The Bertz CT molecular complexity index is 5030. The Morgan fingerprint density at radius 1 is 0.703 bits per heavy atom. The quantitative estimate of drug-likeness (QED) is 0.0188.